The molecule has 92 valence electrons. The first-order valence-electron chi connectivity index (χ1n) is 5.70. The van der Waals surface area contributed by atoms with Crippen molar-refractivity contribution >= 4 is 11.9 Å². The van der Waals surface area contributed by atoms with Gasteiger partial charge in [0.05, 0.1) is 11.6 Å². The number of hydrogen-bond acceptors (Lipinski definition) is 3. The van der Waals surface area contributed by atoms with Crippen LogP contribution < -0.4 is 0 Å². The van der Waals surface area contributed by atoms with Crippen LogP contribution in [-0.4, -0.2) is 10.9 Å². The van der Waals surface area contributed by atoms with Gasteiger partial charge in [-0.05, 0) is 48.0 Å². The molecule has 3 heteroatoms. The number of aromatic hydroxyl groups is 1. The summed E-state index contributed by atoms with van der Waals surface area (Å²) < 4.78 is 0. The van der Waals surface area contributed by atoms with E-state index in [1.807, 2.05) is 6.07 Å². The molecule has 0 saturated carbocycles. The topological polar surface area (TPSA) is 61.1 Å². The summed E-state index contributed by atoms with van der Waals surface area (Å²) in [6, 6.07) is 15.1. The largest absolute Gasteiger partial charge is 0.508 e. The van der Waals surface area contributed by atoms with E-state index in [-0.39, 0.29) is 11.5 Å². The molecule has 0 fully saturated rings. The predicted molar refractivity (Wildman–Crippen MR) is 72.6 cm³/mol. The summed E-state index contributed by atoms with van der Waals surface area (Å²) >= 11 is 0. The maximum atomic E-state index is 11.8. The summed E-state index contributed by atoms with van der Waals surface area (Å²) in [5, 5.41) is 17.8. The first-order valence-corrected chi connectivity index (χ1v) is 5.70. The average Bonchev–Trinajstić information content (AvgIpc) is 2.46. The highest BCUT2D eigenvalue weighted by atomic mass is 16.3. The number of phenolic OH excluding ortho intramolecular Hbond substituents is 1. The molecule has 19 heavy (non-hydrogen) atoms. The normalized spacial score (nSPS) is 10.3. The fourth-order valence-electron chi connectivity index (χ4n) is 1.56. The molecule has 0 atom stereocenters. The molecule has 0 unspecified atom stereocenters. The van der Waals surface area contributed by atoms with E-state index in [1.54, 1.807) is 42.5 Å². The molecule has 0 bridgehead atoms. The Morgan fingerprint density at radius 2 is 1.68 bits per heavy atom. The molecule has 1 N–H and O–H groups in total. The summed E-state index contributed by atoms with van der Waals surface area (Å²) in [6.45, 7) is 0. The van der Waals surface area contributed by atoms with Gasteiger partial charge in [-0.15, -0.1) is 0 Å². The van der Waals surface area contributed by atoms with Crippen molar-refractivity contribution in [2.75, 3.05) is 0 Å². The van der Waals surface area contributed by atoms with Crippen LogP contribution in [0, 0.1) is 11.3 Å². The lowest BCUT2D eigenvalue weighted by atomic mass is 10.1. The van der Waals surface area contributed by atoms with Gasteiger partial charge in [0.25, 0.3) is 0 Å². The van der Waals surface area contributed by atoms with Crippen LogP contribution in [0.5, 0.6) is 5.75 Å². The third-order valence-corrected chi connectivity index (χ3v) is 2.62. The number of allylic oxidation sites excluding steroid dienone is 1. The highest BCUT2D eigenvalue weighted by Gasteiger charge is 2.01. The molecule has 0 amide bonds. The van der Waals surface area contributed by atoms with Crippen LogP contribution in [0.3, 0.4) is 0 Å². The van der Waals surface area contributed by atoms with E-state index in [0.717, 1.165) is 5.56 Å². The highest BCUT2D eigenvalue weighted by molar-refractivity contribution is 6.06. The van der Waals surface area contributed by atoms with E-state index in [2.05, 4.69) is 0 Å². The second kappa shape index (κ2) is 5.65. The van der Waals surface area contributed by atoms with Crippen LogP contribution in [0.25, 0.3) is 6.08 Å². The number of benzene rings is 2. The van der Waals surface area contributed by atoms with Crippen LogP contribution in [0.4, 0.5) is 0 Å². The van der Waals surface area contributed by atoms with Crippen LogP contribution in [-0.2, 0) is 0 Å². The minimum absolute atomic E-state index is 0.132. The van der Waals surface area contributed by atoms with Gasteiger partial charge in [-0.3, -0.25) is 4.79 Å². The molecule has 0 aromatic heterocycles. The summed E-state index contributed by atoms with van der Waals surface area (Å²) in [6.07, 6.45) is 3.16. The van der Waals surface area contributed by atoms with Gasteiger partial charge in [0, 0.05) is 5.56 Å². The lowest BCUT2D eigenvalue weighted by molar-refractivity contribution is 0.104. The zero-order chi connectivity index (χ0) is 13.7. The lowest BCUT2D eigenvalue weighted by Gasteiger charge is -1.96. The number of carbonyl (C=O) groups excluding carboxylic acids is 1. The van der Waals surface area contributed by atoms with Crippen LogP contribution in [0.2, 0.25) is 0 Å². The number of rotatable bonds is 3. The van der Waals surface area contributed by atoms with Gasteiger partial charge in [0.1, 0.15) is 5.75 Å². The number of nitriles is 1. The molecular weight excluding hydrogens is 238 g/mol. The first kappa shape index (κ1) is 12.6. The van der Waals surface area contributed by atoms with Gasteiger partial charge in [0.2, 0.25) is 0 Å². The third kappa shape index (κ3) is 3.30. The van der Waals surface area contributed by atoms with Crippen molar-refractivity contribution in [1.82, 2.24) is 0 Å². The number of nitrogens with zero attached hydrogens (tertiary/aromatic N) is 1. The van der Waals surface area contributed by atoms with Crippen LogP contribution in [0.15, 0.2) is 54.6 Å². The molecule has 0 aliphatic heterocycles. The minimum atomic E-state index is -0.135. The first-order chi connectivity index (χ1) is 9.19. The number of phenols is 1. The highest BCUT2D eigenvalue weighted by Crippen LogP contribution is 2.11. The molecule has 0 spiro atoms. The third-order valence-electron chi connectivity index (χ3n) is 2.62. The van der Waals surface area contributed by atoms with Gasteiger partial charge < -0.3 is 5.11 Å². The fourth-order valence-corrected chi connectivity index (χ4v) is 1.56. The maximum absolute atomic E-state index is 11.8. The Labute approximate surface area is 111 Å². The van der Waals surface area contributed by atoms with Gasteiger partial charge in [-0.25, -0.2) is 0 Å². The van der Waals surface area contributed by atoms with Crippen molar-refractivity contribution in [3.63, 3.8) is 0 Å². The SMILES string of the molecule is N#Cc1ccc(/C=C/C(=O)c2ccc(O)cc2)cc1. The quantitative estimate of drug-likeness (QED) is 0.671. The second-order valence-corrected chi connectivity index (χ2v) is 3.98. The van der Waals surface area contributed by atoms with E-state index in [1.165, 1.54) is 18.2 Å². The fraction of sp³-hybridized carbons (Fsp3) is 0. The van der Waals surface area contributed by atoms with E-state index in [9.17, 15) is 4.79 Å². The van der Waals surface area contributed by atoms with E-state index < -0.39 is 0 Å². The average molecular weight is 249 g/mol. The molecule has 2 aromatic carbocycles. The summed E-state index contributed by atoms with van der Waals surface area (Å²) in [5.74, 6) is -0.00279. The molecule has 3 nitrogen and oxygen atoms in total. The zero-order valence-corrected chi connectivity index (χ0v) is 10.1. The Morgan fingerprint density at radius 3 is 2.26 bits per heavy atom. The van der Waals surface area contributed by atoms with Crippen molar-refractivity contribution in [3.05, 3.63) is 71.3 Å². The summed E-state index contributed by atoms with van der Waals surface area (Å²) in [5.41, 5.74) is 1.95. The molecule has 0 radical (unpaired) electrons. The lowest BCUT2D eigenvalue weighted by Crippen LogP contribution is -1.92. The molecule has 0 heterocycles. The van der Waals surface area contributed by atoms with E-state index in [4.69, 9.17) is 10.4 Å². The van der Waals surface area contributed by atoms with Gasteiger partial charge in [-0.2, -0.15) is 5.26 Å². The Hall–Kier alpha value is -2.86. The van der Waals surface area contributed by atoms with Crippen molar-refractivity contribution in [3.8, 4) is 11.8 Å². The molecular formula is C16H11NO2. The van der Waals surface area contributed by atoms with Gasteiger partial charge in [-0.1, -0.05) is 18.2 Å². The van der Waals surface area contributed by atoms with E-state index in [0.29, 0.717) is 11.1 Å². The standard InChI is InChI=1S/C16H11NO2/c17-11-13-3-1-12(2-4-13)5-10-16(19)14-6-8-15(18)9-7-14/h1-10,18H/b10-5+. The Morgan fingerprint density at radius 1 is 1.05 bits per heavy atom. The van der Waals surface area contributed by atoms with Crippen molar-refractivity contribution in [2.24, 2.45) is 0 Å². The molecule has 0 saturated heterocycles. The van der Waals surface area contributed by atoms with Gasteiger partial charge >= 0.3 is 0 Å². The molecule has 2 aromatic rings. The monoisotopic (exact) mass is 249 g/mol. The minimum Gasteiger partial charge on any atom is -0.508 e. The molecule has 0 aliphatic rings. The Bertz CT molecular complexity index is 647. The second-order valence-electron chi connectivity index (χ2n) is 3.98. The van der Waals surface area contributed by atoms with Crippen molar-refractivity contribution in [1.29, 1.82) is 5.26 Å². The molecule has 2 rings (SSSR count). The van der Waals surface area contributed by atoms with E-state index >= 15 is 0 Å². The summed E-state index contributed by atoms with van der Waals surface area (Å²) in [7, 11) is 0. The number of hydrogen-bond donors (Lipinski definition) is 1. The number of ketones is 1. The van der Waals surface area contributed by atoms with Crippen molar-refractivity contribution in [2.45, 2.75) is 0 Å². The van der Waals surface area contributed by atoms with Crippen molar-refractivity contribution < 1.29 is 9.90 Å². The Kier molecular flexibility index (Phi) is 3.75. The predicted octanol–water partition coefficient (Wildman–Crippen LogP) is 3.16. The zero-order valence-electron chi connectivity index (χ0n) is 10.1. The maximum Gasteiger partial charge on any atom is 0.185 e. The smallest absolute Gasteiger partial charge is 0.185 e. The van der Waals surface area contributed by atoms with Crippen LogP contribution >= 0.6 is 0 Å². The Balaban J connectivity index is 2.11. The summed E-state index contributed by atoms with van der Waals surface area (Å²) in [4.78, 5) is 11.8. The van der Waals surface area contributed by atoms with Crippen LogP contribution in [0.1, 0.15) is 21.5 Å². The number of carbonyl (C=O) groups is 1. The van der Waals surface area contributed by atoms with Gasteiger partial charge in [0.15, 0.2) is 5.78 Å². The molecule has 0 aliphatic carbocycles.